The molecule has 166 valence electrons. The summed E-state index contributed by atoms with van der Waals surface area (Å²) in [6.45, 7) is 5.90. The van der Waals surface area contributed by atoms with Crippen LogP contribution in [0.25, 0.3) is 0 Å². The molecule has 1 atom stereocenters. The number of esters is 1. The van der Waals surface area contributed by atoms with Crippen LogP contribution in [0.4, 0.5) is 5.69 Å². The second kappa shape index (κ2) is 12.4. The quantitative estimate of drug-likeness (QED) is 0.422. The van der Waals surface area contributed by atoms with Crippen LogP contribution in [0.3, 0.4) is 0 Å². The van der Waals surface area contributed by atoms with Gasteiger partial charge in [0.05, 0.1) is 6.61 Å². The van der Waals surface area contributed by atoms with Gasteiger partial charge in [0.25, 0.3) is 11.8 Å². The minimum Gasteiger partial charge on any atom is -0.494 e. The van der Waals surface area contributed by atoms with E-state index < -0.39 is 23.9 Å². The summed E-state index contributed by atoms with van der Waals surface area (Å²) in [4.78, 5) is 36.4. The maximum absolute atomic E-state index is 12.2. The van der Waals surface area contributed by atoms with Crippen molar-refractivity contribution in [3.05, 3.63) is 59.7 Å². The van der Waals surface area contributed by atoms with E-state index in [1.54, 1.807) is 36.4 Å². The Kier molecular flexibility index (Phi) is 9.55. The summed E-state index contributed by atoms with van der Waals surface area (Å²) < 4.78 is 10.7. The monoisotopic (exact) mass is 426 g/mol. The molecule has 2 amide bonds. The summed E-state index contributed by atoms with van der Waals surface area (Å²) in [6, 6.07) is 14.1. The van der Waals surface area contributed by atoms with E-state index in [9.17, 15) is 14.4 Å². The maximum Gasteiger partial charge on any atom is 0.326 e. The molecule has 0 spiro atoms. The van der Waals surface area contributed by atoms with E-state index in [0.717, 1.165) is 24.8 Å². The molecule has 0 heterocycles. The number of ether oxygens (including phenoxy) is 2. The van der Waals surface area contributed by atoms with Gasteiger partial charge in [-0.2, -0.15) is 0 Å². The number of unbranched alkanes of at least 4 members (excludes halogenated alkanes) is 1. The molecule has 2 rings (SSSR count). The van der Waals surface area contributed by atoms with Crippen molar-refractivity contribution in [2.45, 2.75) is 46.1 Å². The third kappa shape index (κ3) is 8.12. The lowest BCUT2D eigenvalue weighted by Crippen LogP contribution is -2.35. The van der Waals surface area contributed by atoms with Crippen LogP contribution < -0.4 is 15.4 Å². The van der Waals surface area contributed by atoms with Crippen LogP contribution >= 0.6 is 0 Å². The Morgan fingerprint density at radius 1 is 0.968 bits per heavy atom. The molecule has 0 saturated heterocycles. The van der Waals surface area contributed by atoms with E-state index in [0.29, 0.717) is 23.6 Å². The first-order valence-corrected chi connectivity index (χ1v) is 10.5. The third-order valence-corrected chi connectivity index (χ3v) is 4.58. The highest BCUT2D eigenvalue weighted by atomic mass is 16.5. The number of benzene rings is 2. The van der Waals surface area contributed by atoms with Gasteiger partial charge in [-0.3, -0.25) is 14.4 Å². The Hall–Kier alpha value is -3.35. The number of aryl methyl sites for hydroxylation is 1. The predicted molar refractivity (Wildman–Crippen MR) is 119 cm³/mol. The minimum absolute atomic E-state index is 0.337. The van der Waals surface area contributed by atoms with Gasteiger partial charge < -0.3 is 20.1 Å². The van der Waals surface area contributed by atoms with Gasteiger partial charge in [-0.05, 0) is 61.7 Å². The number of anilines is 1. The summed E-state index contributed by atoms with van der Waals surface area (Å²) >= 11 is 0. The Bertz CT molecular complexity index is 863. The Morgan fingerprint density at radius 3 is 2.26 bits per heavy atom. The smallest absolute Gasteiger partial charge is 0.326 e. The van der Waals surface area contributed by atoms with E-state index in [2.05, 4.69) is 17.6 Å². The van der Waals surface area contributed by atoms with Crippen LogP contribution in [-0.4, -0.2) is 37.0 Å². The Labute approximate surface area is 183 Å². The van der Waals surface area contributed by atoms with Crippen LogP contribution in [0.15, 0.2) is 48.5 Å². The van der Waals surface area contributed by atoms with E-state index in [-0.39, 0.29) is 6.54 Å². The number of amides is 2. The summed E-state index contributed by atoms with van der Waals surface area (Å²) in [7, 11) is 0. The first-order chi connectivity index (χ1) is 14.9. The Balaban J connectivity index is 1.75. The van der Waals surface area contributed by atoms with E-state index in [4.69, 9.17) is 9.47 Å². The van der Waals surface area contributed by atoms with Gasteiger partial charge in [0.15, 0.2) is 6.10 Å². The molecule has 2 N–H and O–H groups in total. The van der Waals surface area contributed by atoms with Crippen molar-refractivity contribution in [3.8, 4) is 5.75 Å². The molecule has 0 fully saturated rings. The third-order valence-electron chi connectivity index (χ3n) is 4.58. The molecule has 0 bridgehead atoms. The average Bonchev–Trinajstić information content (AvgIpc) is 2.78. The van der Waals surface area contributed by atoms with Crippen LogP contribution in [0, 0.1) is 0 Å². The lowest BCUT2D eigenvalue weighted by atomic mass is 10.1. The van der Waals surface area contributed by atoms with Gasteiger partial charge in [0.2, 0.25) is 0 Å². The highest BCUT2D eigenvalue weighted by molar-refractivity contribution is 5.97. The SMILES string of the molecule is CCCCOc1ccc(C(=O)NCC(=O)O[C@@H](C)C(=O)Nc2ccc(CC)cc2)cc1. The zero-order chi connectivity index (χ0) is 22.6. The number of nitrogens with one attached hydrogen (secondary N) is 2. The summed E-state index contributed by atoms with van der Waals surface area (Å²) in [5, 5.41) is 5.19. The zero-order valence-electron chi connectivity index (χ0n) is 18.3. The second-order valence-electron chi connectivity index (χ2n) is 7.08. The molecule has 0 aliphatic rings. The van der Waals surface area contributed by atoms with Crippen LogP contribution in [0.5, 0.6) is 5.75 Å². The maximum atomic E-state index is 12.2. The minimum atomic E-state index is -0.991. The van der Waals surface area contributed by atoms with Crippen molar-refractivity contribution in [2.75, 3.05) is 18.5 Å². The lowest BCUT2D eigenvalue weighted by molar-refractivity contribution is -0.152. The topological polar surface area (TPSA) is 93.7 Å². The van der Waals surface area contributed by atoms with Gasteiger partial charge in [-0.25, -0.2) is 0 Å². The van der Waals surface area contributed by atoms with Gasteiger partial charge >= 0.3 is 5.97 Å². The molecule has 2 aromatic rings. The van der Waals surface area contributed by atoms with Crippen molar-refractivity contribution >= 4 is 23.5 Å². The number of rotatable bonds is 11. The molecule has 0 radical (unpaired) electrons. The van der Waals surface area contributed by atoms with Crippen LogP contribution in [0.1, 0.15) is 49.5 Å². The fourth-order valence-electron chi connectivity index (χ4n) is 2.65. The molecule has 0 aliphatic carbocycles. The lowest BCUT2D eigenvalue weighted by Gasteiger charge is -2.14. The predicted octanol–water partition coefficient (Wildman–Crippen LogP) is 3.73. The van der Waals surface area contributed by atoms with Crippen molar-refractivity contribution in [2.24, 2.45) is 0 Å². The number of hydrogen-bond donors (Lipinski definition) is 2. The second-order valence-corrected chi connectivity index (χ2v) is 7.08. The summed E-state index contributed by atoms with van der Waals surface area (Å²) in [6.07, 6.45) is 1.93. The van der Waals surface area contributed by atoms with Crippen LogP contribution in [0.2, 0.25) is 0 Å². The van der Waals surface area contributed by atoms with E-state index >= 15 is 0 Å². The Morgan fingerprint density at radius 2 is 1.65 bits per heavy atom. The van der Waals surface area contributed by atoms with Gasteiger partial charge in [-0.1, -0.05) is 32.4 Å². The molecule has 0 saturated carbocycles. The van der Waals surface area contributed by atoms with Gasteiger partial charge in [0.1, 0.15) is 12.3 Å². The summed E-state index contributed by atoms with van der Waals surface area (Å²) in [5.74, 6) is -0.863. The first-order valence-electron chi connectivity index (χ1n) is 10.5. The average molecular weight is 427 g/mol. The van der Waals surface area contributed by atoms with Crippen LogP contribution in [-0.2, 0) is 20.7 Å². The number of hydrogen-bond acceptors (Lipinski definition) is 5. The molecule has 7 heteroatoms. The zero-order valence-corrected chi connectivity index (χ0v) is 18.3. The van der Waals surface area contributed by atoms with Gasteiger partial charge in [0, 0.05) is 11.3 Å². The molecular formula is C24H30N2O5. The molecule has 7 nitrogen and oxygen atoms in total. The van der Waals surface area contributed by atoms with Crippen molar-refractivity contribution in [1.82, 2.24) is 5.32 Å². The summed E-state index contributed by atoms with van der Waals surface area (Å²) in [5.41, 5.74) is 2.18. The molecule has 0 aromatic heterocycles. The first kappa shape index (κ1) is 23.9. The van der Waals surface area contributed by atoms with Crippen molar-refractivity contribution in [1.29, 1.82) is 0 Å². The molecule has 0 aliphatic heterocycles. The number of carbonyl (C=O) groups is 3. The molecule has 2 aromatic carbocycles. The molecule has 31 heavy (non-hydrogen) atoms. The highest BCUT2D eigenvalue weighted by Gasteiger charge is 2.18. The largest absolute Gasteiger partial charge is 0.494 e. The fraction of sp³-hybridized carbons (Fsp3) is 0.375. The fourth-order valence-corrected chi connectivity index (χ4v) is 2.65. The van der Waals surface area contributed by atoms with Crippen molar-refractivity contribution in [3.63, 3.8) is 0 Å². The molecule has 0 unspecified atom stereocenters. The van der Waals surface area contributed by atoms with E-state index in [1.807, 2.05) is 19.1 Å². The van der Waals surface area contributed by atoms with E-state index in [1.165, 1.54) is 6.92 Å². The molecular weight excluding hydrogens is 396 g/mol. The number of carbonyl (C=O) groups excluding carboxylic acids is 3. The normalized spacial score (nSPS) is 11.3. The van der Waals surface area contributed by atoms with Crippen molar-refractivity contribution < 1.29 is 23.9 Å². The van der Waals surface area contributed by atoms with Gasteiger partial charge in [-0.15, -0.1) is 0 Å². The standard InChI is InChI=1S/C24H30N2O5/c1-4-6-15-30-21-13-9-19(10-14-21)24(29)25-16-22(27)31-17(3)23(28)26-20-11-7-18(5-2)8-12-20/h7-14,17H,4-6,15-16H2,1-3H3,(H,25,29)(H,26,28)/t17-/m0/s1. The highest BCUT2D eigenvalue weighted by Crippen LogP contribution is 2.13.